The molecule has 7 heteroatoms. The van der Waals surface area contributed by atoms with Crippen LogP contribution in [0.4, 0.5) is 13.2 Å². The van der Waals surface area contributed by atoms with Crippen LogP contribution in [0.5, 0.6) is 0 Å². The van der Waals surface area contributed by atoms with Gasteiger partial charge in [0.2, 0.25) is 0 Å². The lowest BCUT2D eigenvalue weighted by Gasteiger charge is -2.43. The van der Waals surface area contributed by atoms with Gasteiger partial charge in [-0.25, -0.2) is 0 Å². The zero-order valence-corrected chi connectivity index (χ0v) is 23.6. The average molecular weight is 540 g/mol. The summed E-state index contributed by atoms with van der Waals surface area (Å²) in [6, 6.07) is 5.91. The van der Waals surface area contributed by atoms with Crippen LogP contribution in [0, 0.1) is 17.8 Å². The average Bonchev–Trinajstić information content (AvgIpc) is 2.88. The Bertz CT molecular complexity index is 821. The van der Waals surface area contributed by atoms with Gasteiger partial charge in [0.1, 0.15) is 0 Å². The van der Waals surface area contributed by atoms with E-state index in [0.29, 0.717) is 31.5 Å². The van der Waals surface area contributed by atoms with Crippen LogP contribution in [0.1, 0.15) is 102 Å². The molecule has 0 aromatic heterocycles. The molecular weight excluding hydrogens is 491 g/mol. The maximum Gasteiger partial charge on any atom is 0.416 e. The van der Waals surface area contributed by atoms with E-state index in [2.05, 4.69) is 18.7 Å². The summed E-state index contributed by atoms with van der Waals surface area (Å²) < 4.78 is 51.1. The predicted octanol–water partition coefficient (Wildman–Crippen LogP) is 7.86. The molecule has 1 aromatic rings. The van der Waals surface area contributed by atoms with E-state index >= 15 is 0 Å². The number of carbonyl (C=O) groups is 1. The minimum absolute atomic E-state index is 0.0657. The topological polar surface area (TPSA) is 38.8 Å². The Morgan fingerprint density at radius 3 is 2.34 bits per heavy atom. The minimum atomic E-state index is -4.35. The van der Waals surface area contributed by atoms with Crippen molar-refractivity contribution in [2.24, 2.45) is 17.8 Å². The van der Waals surface area contributed by atoms with Crippen LogP contribution < -0.4 is 0 Å². The van der Waals surface area contributed by atoms with Gasteiger partial charge in [0.15, 0.2) is 0 Å². The lowest BCUT2D eigenvalue weighted by molar-refractivity contribution is -0.144. The summed E-state index contributed by atoms with van der Waals surface area (Å²) in [5.41, 5.74) is 0.304. The van der Waals surface area contributed by atoms with E-state index in [9.17, 15) is 18.0 Å². The number of halogens is 3. The second-order valence-corrected chi connectivity index (χ2v) is 11.8. The van der Waals surface area contributed by atoms with Gasteiger partial charge < -0.3 is 9.47 Å². The maximum atomic E-state index is 13.3. The van der Waals surface area contributed by atoms with Gasteiger partial charge in [-0.1, -0.05) is 45.2 Å². The largest absolute Gasteiger partial charge is 0.466 e. The van der Waals surface area contributed by atoms with Crippen LogP contribution in [-0.4, -0.2) is 49.8 Å². The van der Waals surface area contributed by atoms with Gasteiger partial charge in [0, 0.05) is 25.6 Å². The lowest BCUT2D eigenvalue weighted by atomic mass is 9.73. The summed E-state index contributed by atoms with van der Waals surface area (Å²) in [5.74, 6) is 1.29. The van der Waals surface area contributed by atoms with Crippen molar-refractivity contribution in [3.63, 3.8) is 0 Å². The predicted molar refractivity (Wildman–Crippen MR) is 145 cm³/mol. The second-order valence-electron chi connectivity index (χ2n) is 11.8. The Balaban J connectivity index is 1.74. The number of nitrogens with zero attached hydrogens (tertiary/aromatic N) is 1. The monoisotopic (exact) mass is 539 g/mol. The molecule has 4 nitrogen and oxygen atoms in total. The molecule has 2 fully saturated rings. The van der Waals surface area contributed by atoms with Crippen molar-refractivity contribution in [1.82, 2.24) is 4.90 Å². The molecular formula is C31H48F3NO3. The molecule has 3 atom stereocenters. The van der Waals surface area contributed by atoms with Crippen molar-refractivity contribution in [1.29, 1.82) is 0 Å². The normalized spacial score (nSPS) is 23.2. The first-order valence-electron chi connectivity index (χ1n) is 14.8. The third-order valence-electron chi connectivity index (χ3n) is 8.41. The number of rotatable bonds is 13. The number of esters is 1. The van der Waals surface area contributed by atoms with Gasteiger partial charge in [-0.15, -0.1) is 0 Å². The van der Waals surface area contributed by atoms with Gasteiger partial charge in [-0.05, 0) is 93.4 Å². The van der Waals surface area contributed by atoms with Crippen LogP contribution in [0.3, 0.4) is 0 Å². The molecule has 1 aromatic carbocycles. The molecule has 0 N–H and O–H groups in total. The Morgan fingerprint density at radius 2 is 1.71 bits per heavy atom. The van der Waals surface area contributed by atoms with Crippen molar-refractivity contribution < 1.29 is 27.4 Å². The van der Waals surface area contributed by atoms with E-state index in [0.717, 1.165) is 50.9 Å². The molecule has 216 valence electrons. The smallest absolute Gasteiger partial charge is 0.416 e. The number of ether oxygens (including phenoxy) is 2. The molecule has 0 unspecified atom stereocenters. The number of alkyl halides is 3. The quantitative estimate of drug-likeness (QED) is 0.189. The Hall–Kier alpha value is -1.60. The molecule has 0 bridgehead atoms. The molecule has 0 amide bonds. The summed E-state index contributed by atoms with van der Waals surface area (Å²) in [6.45, 7) is 9.88. The maximum absolute atomic E-state index is 13.3. The SMILES string of the molecule is CCOC(=O)C[C@@H]1CC[C@@H](N(CCOCC2CCCCC2)CCC(C)C)[C@H](c2ccc(C(F)(F)F)cc2)C1. The van der Waals surface area contributed by atoms with Gasteiger partial charge in [0.25, 0.3) is 0 Å². The highest BCUT2D eigenvalue weighted by molar-refractivity contribution is 5.69. The Labute approximate surface area is 227 Å². The van der Waals surface area contributed by atoms with E-state index in [-0.39, 0.29) is 23.8 Å². The first-order chi connectivity index (χ1) is 18.2. The molecule has 2 aliphatic rings. The summed E-state index contributed by atoms with van der Waals surface area (Å²) in [6.07, 6.45) is 6.15. The molecule has 2 saturated carbocycles. The first kappa shape index (κ1) is 30.9. The Kier molecular flexibility index (Phi) is 12.4. The van der Waals surface area contributed by atoms with Crippen LogP contribution in [0.2, 0.25) is 0 Å². The van der Waals surface area contributed by atoms with Crippen molar-refractivity contribution in [2.75, 3.05) is 32.9 Å². The third-order valence-corrected chi connectivity index (χ3v) is 8.41. The highest BCUT2D eigenvalue weighted by Crippen LogP contribution is 2.41. The van der Waals surface area contributed by atoms with E-state index in [4.69, 9.17) is 9.47 Å². The molecule has 2 aliphatic carbocycles. The molecule has 0 radical (unpaired) electrons. The fraction of sp³-hybridized carbons (Fsp3) is 0.774. The Morgan fingerprint density at radius 1 is 1.00 bits per heavy atom. The van der Waals surface area contributed by atoms with Gasteiger partial charge in [0.05, 0.1) is 18.8 Å². The standard InChI is InChI=1S/C31H48F3NO3/c1-4-38-30(36)21-25-10-15-29(28(20-25)26-11-13-27(14-12-26)31(32,33)34)35(17-16-23(2)3)18-19-37-22-24-8-6-5-7-9-24/h11-14,23-25,28-29H,4-10,15-22H2,1-3H3/t25-,28+,29-/m1/s1. The van der Waals surface area contributed by atoms with E-state index in [1.807, 2.05) is 6.92 Å². The van der Waals surface area contributed by atoms with Gasteiger partial charge >= 0.3 is 12.1 Å². The van der Waals surface area contributed by atoms with E-state index < -0.39 is 11.7 Å². The molecule has 0 spiro atoms. The second kappa shape index (κ2) is 15.3. The number of hydrogen-bond acceptors (Lipinski definition) is 4. The van der Waals surface area contributed by atoms with Crippen molar-refractivity contribution >= 4 is 5.97 Å². The van der Waals surface area contributed by atoms with E-state index in [1.54, 1.807) is 12.1 Å². The molecule has 3 rings (SSSR count). The first-order valence-corrected chi connectivity index (χ1v) is 14.8. The van der Waals surface area contributed by atoms with Gasteiger partial charge in [-0.3, -0.25) is 9.69 Å². The number of benzene rings is 1. The highest BCUT2D eigenvalue weighted by atomic mass is 19.4. The van der Waals surface area contributed by atoms with Crippen LogP contribution >= 0.6 is 0 Å². The zero-order chi connectivity index (χ0) is 27.5. The summed E-state index contributed by atoms with van der Waals surface area (Å²) >= 11 is 0. The van der Waals surface area contributed by atoms with Crippen molar-refractivity contribution in [3.05, 3.63) is 35.4 Å². The van der Waals surface area contributed by atoms with Crippen LogP contribution in [-0.2, 0) is 20.4 Å². The lowest BCUT2D eigenvalue weighted by Crippen LogP contribution is -2.45. The van der Waals surface area contributed by atoms with Gasteiger partial charge in [-0.2, -0.15) is 13.2 Å². The fourth-order valence-electron chi connectivity index (χ4n) is 6.25. The van der Waals surface area contributed by atoms with Crippen LogP contribution in [0.15, 0.2) is 24.3 Å². The zero-order valence-electron chi connectivity index (χ0n) is 23.6. The number of hydrogen-bond donors (Lipinski definition) is 0. The summed E-state index contributed by atoms with van der Waals surface area (Å²) in [5, 5.41) is 0. The summed E-state index contributed by atoms with van der Waals surface area (Å²) in [7, 11) is 0. The number of carbonyl (C=O) groups excluding carboxylic acids is 1. The van der Waals surface area contributed by atoms with Crippen molar-refractivity contribution in [2.45, 2.75) is 103 Å². The van der Waals surface area contributed by atoms with E-state index in [1.165, 1.54) is 44.2 Å². The minimum Gasteiger partial charge on any atom is -0.466 e. The highest BCUT2D eigenvalue weighted by Gasteiger charge is 2.37. The van der Waals surface area contributed by atoms with Crippen molar-refractivity contribution in [3.8, 4) is 0 Å². The molecule has 0 saturated heterocycles. The fourth-order valence-corrected chi connectivity index (χ4v) is 6.25. The van der Waals surface area contributed by atoms with Crippen LogP contribution in [0.25, 0.3) is 0 Å². The molecule has 0 aliphatic heterocycles. The molecule has 0 heterocycles. The third kappa shape index (κ3) is 9.86. The molecule has 38 heavy (non-hydrogen) atoms. The summed E-state index contributed by atoms with van der Waals surface area (Å²) in [4.78, 5) is 14.8.